The number of rotatable bonds is 7. The van der Waals surface area contributed by atoms with E-state index < -0.39 is 12.1 Å². The summed E-state index contributed by atoms with van der Waals surface area (Å²) in [4.78, 5) is 22.4. The number of carbonyl (C=O) groups excluding carboxylic acids is 2. The molecule has 4 heteroatoms. The zero-order valence-corrected chi connectivity index (χ0v) is 11.9. The first-order valence-electron chi connectivity index (χ1n) is 7.12. The van der Waals surface area contributed by atoms with Crippen molar-refractivity contribution in [1.82, 2.24) is 0 Å². The van der Waals surface area contributed by atoms with E-state index in [0.717, 1.165) is 19.3 Å². The number of hydrogen-bond donors (Lipinski definition) is 1. The first kappa shape index (κ1) is 15.7. The summed E-state index contributed by atoms with van der Waals surface area (Å²) in [7, 11) is 0. The number of aliphatic hydroxyl groups excluding tert-OH is 1. The number of ether oxygens (including phenoxy) is 1. The molecule has 0 aliphatic heterocycles. The molecule has 1 N–H and O–H groups in total. The molecule has 1 aliphatic rings. The van der Waals surface area contributed by atoms with Crippen LogP contribution >= 0.6 is 0 Å². The minimum absolute atomic E-state index is 0.0437. The van der Waals surface area contributed by atoms with Crippen LogP contribution in [0.15, 0.2) is 11.8 Å². The fourth-order valence-corrected chi connectivity index (χ4v) is 2.43. The fourth-order valence-electron chi connectivity index (χ4n) is 2.43. The second kappa shape index (κ2) is 7.97. The van der Waals surface area contributed by atoms with Crippen LogP contribution in [0.1, 0.15) is 58.8 Å². The monoisotopic (exact) mass is 268 g/mol. The van der Waals surface area contributed by atoms with Crippen LogP contribution in [0, 0.1) is 5.92 Å². The lowest BCUT2D eigenvalue weighted by molar-refractivity contribution is -0.147. The van der Waals surface area contributed by atoms with Gasteiger partial charge in [-0.2, -0.15) is 0 Å². The van der Waals surface area contributed by atoms with Crippen LogP contribution in [-0.4, -0.2) is 23.0 Å². The van der Waals surface area contributed by atoms with E-state index in [1.165, 1.54) is 19.8 Å². The van der Waals surface area contributed by atoms with E-state index >= 15 is 0 Å². The number of allylic oxidation sites excluding steroid dienone is 1. The van der Waals surface area contributed by atoms with Gasteiger partial charge in [-0.3, -0.25) is 9.59 Å². The second-order valence-corrected chi connectivity index (χ2v) is 5.18. The summed E-state index contributed by atoms with van der Waals surface area (Å²) in [5, 5.41) is 10.0. The average Bonchev–Trinajstić information content (AvgIpc) is 2.69. The van der Waals surface area contributed by atoms with E-state index in [9.17, 15) is 14.7 Å². The van der Waals surface area contributed by atoms with E-state index in [0.29, 0.717) is 0 Å². The predicted molar refractivity (Wildman–Crippen MR) is 72.8 cm³/mol. The Balaban J connectivity index is 2.48. The lowest BCUT2D eigenvalue weighted by Gasteiger charge is -2.18. The van der Waals surface area contributed by atoms with Gasteiger partial charge in [0.1, 0.15) is 11.9 Å². The Kier molecular flexibility index (Phi) is 6.60. The van der Waals surface area contributed by atoms with Crippen molar-refractivity contribution < 1.29 is 19.4 Å². The van der Waals surface area contributed by atoms with Crippen LogP contribution < -0.4 is 0 Å². The van der Waals surface area contributed by atoms with Crippen LogP contribution in [0.2, 0.25) is 0 Å². The standard InChI is InChI=1S/C15H24O4/c1-3-4-5-6-7-8-14(18)13-9-12(17)10-15(13)19-11(2)16/h8,13,15,18H,3-7,9-10H2,1-2H3/b14-8-/t13-,15+/m0/s1. The molecule has 0 radical (unpaired) electrons. The van der Waals surface area contributed by atoms with Crippen LogP contribution in [0.25, 0.3) is 0 Å². The molecule has 0 aromatic carbocycles. The van der Waals surface area contributed by atoms with Crippen molar-refractivity contribution in [1.29, 1.82) is 0 Å². The summed E-state index contributed by atoms with van der Waals surface area (Å²) in [5.41, 5.74) is 0. The molecule has 108 valence electrons. The van der Waals surface area contributed by atoms with Gasteiger partial charge in [0.2, 0.25) is 0 Å². The molecule has 0 aromatic rings. The van der Waals surface area contributed by atoms with Crippen LogP contribution in [0.5, 0.6) is 0 Å². The highest BCUT2D eigenvalue weighted by molar-refractivity contribution is 5.82. The van der Waals surface area contributed by atoms with E-state index in [2.05, 4.69) is 6.92 Å². The van der Waals surface area contributed by atoms with Gasteiger partial charge < -0.3 is 9.84 Å². The van der Waals surface area contributed by atoms with Crippen molar-refractivity contribution >= 4 is 11.8 Å². The number of Topliss-reactive ketones (excluding diaryl/α,β-unsaturated/α-hetero) is 1. The minimum Gasteiger partial charge on any atom is -0.512 e. The van der Waals surface area contributed by atoms with Gasteiger partial charge in [-0.1, -0.05) is 26.2 Å². The molecule has 4 nitrogen and oxygen atoms in total. The van der Waals surface area contributed by atoms with Gasteiger partial charge in [-0.25, -0.2) is 0 Å². The molecule has 0 heterocycles. The lowest BCUT2D eigenvalue weighted by Crippen LogP contribution is -2.22. The largest absolute Gasteiger partial charge is 0.512 e. The minimum atomic E-state index is -0.489. The molecule has 1 fully saturated rings. The first-order valence-corrected chi connectivity index (χ1v) is 7.12. The molecule has 0 aromatic heterocycles. The van der Waals surface area contributed by atoms with Crippen molar-refractivity contribution in [2.24, 2.45) is 5.92 Å². The normalized spacial score (nSPS) is 23.7. The quantitative estimate of drug-likeness (QED) is 0.437. The highest BCUT2D eigenvalue weighted by Gasteiger charge is 2.37. The van der Waals surface area contributed by atoms with E-state index in [1.807, 2.05) is 0 Å². The molecule has 0 amide bonds. The number of carbonyl (C=O) groups is 2. The Hall–Kier alpha value is -1.32. The van der Waals surface area contributed by atoms with Crippen molar-refractivity contribution in [2.75, 3.05) is 0 Å². The fraction of sp³-hybridized carbons (Fsp3) is 0.733. The van der Waals surface area contributed by atoms with Gasteiger partial charge in [0.05, 0.1) is 11.7 Å². The first-order chi connectivity index (χ1) is 9.04. The van der Waals surface area contributed by atoms with Crippen LogP contribution in [0.3, 0.4) is 0 Å². The zero-order chi connectivity index (χ0) is 14.3. The molecule has 1 rings (SSSR count). The summed E-state index contributed by atoms with van der Waals surface area (Å²) >= 11 is 0. The van der Waals surface area contributed by atoms with Crippen molar-refractivity contribution in [2.45, 2.75) is 64.9 Å². The second-order valence-electron chi connectivity index (χ2n) is 5.18. The Bertz CT molecular complexity index is 346. The van der Waals surface area contributed by atoms with Gasteiger partial charge >= 0.3 is 5.97 Å². The summed E-state index contributed by atoms with van der Waals surface area (Å²) in [6.45, 7) is 3.48. The molecular weight excluding hydrogens is 244 g/mol. The molecule has 19 heavy (non-hydrogen) atoms. The van der Waals surface area contributed by atoms with E-state index in [1.54, 1.807) is 6.08 Å². The smallest absolute Gasteiger partial charge is 0.302 e. The number of hydrogen-bond acceptors (Lipinski definition) is 4. The molecular formula is C15H24O4. The van der Waals surface area contributed by atoms with Gasteiger partial charge in [-0.15, -0.1) is 0 Å². The third kappa shape index (κ3) is 5.45. The summed E-state index contributed by atoms with van der Waals surface area (Å²) in [5.74, 6) is -0.501. The lowest BCUT2D eigenvalue weighted by atomic mass is 10.0. The molecule has 0 saturated heterocycles. The van der Waals surface area contributed by atoms with Gasteiger partial charge in [0, 0.05) is 19.8 Å². The Morgan fingerprint density at radius 1 is 1.37 bits per heavy atom. The SMILES string of the molecule is CCCCCC/C=C(\O)[C@@H]1CC(=O)C[C@H]1OC(C)=O. The third-order valence-electron chi connectivity index (χ3n) is 3.43. The Morgan fingerprint density at radius 3 is 2.74 bits per heavy atom. The number of aliphatic hydroxyl groups is 1. The maximum Gasteiger partial charge on any atom is 0.302 e. The summed E-state index contributed by atoms with van der Waals surface area (Å²) in [6, 6.07) is 0. The molecule has 1 aliphatic carbocycles. The molecule has 2 atom stereocenters. The predicted octanol–water partition coefficient (Wildman–Crippen LogP) is 3.31. The topological polar surface area (TPSA) is 63.6 Å². The Morgan fingerprint density at radius 2 is 2.11 bits per heavy atom. The molecule has 1 saturated carbocycles. The van der Waals surface area contributed by atoms with Gasteiger partial charge in [0.25, 0.3) is 0 Å². The summed E-state index contributed by atoms with van der Waals surface area (Å²) in [6.07, 6.45) is 7.16. The van der Waals surface area contributed by atoms with Crippen molar-refractivity contribution in [3.05, 3.63) is 11.8 Å². The van der Waals surface area contributed by atoms with Gasteiger partial charge in [0.15, 0.2) is 0 Å². The highest BCUT2D eigenvalue weighted by atomic mass is 16.5. The molecule has 0 unspecified atom stereocenters. The molecule has 0 bridgehead atoms. The maximum absolute atomic E-state index is 11.4. The van der Waals surface area contributed by atoms with Crippen LogP contribution in [0.4, 0.5) is 0 Å². The summed E-state index contributed by atoms with van der Waals surface area (Å²) < 4.78 is 5.10. The number of ketones is 1. The van der Waals surface area contributed by atoms with Crippen molar-refractivity contribution in [3.63, 3.8) is 0 Å². The third-order valence-corrected chi connectivity index (χ3v) is 3.43. The molecule has 0 spiro atoms. The maximum atomic E-state index is 11.4. The average molecular weight is 268 g/mol. The van der Waals surface area contributed by atoms with Crippen LogP contribution in [-0.2, 0) is 14.3 Å². The Labute approximate surface area is 114 Å². The van der Waals surface area contributed by atoms with E-state index in [4.69, 9.17) is 4.74 Å². The number of esters is 1. The van der Waals surface area contributed by atoms with Crippen molar-refractivity contribution in [3.8, 4) is 0 Å². The highest BCUT2D eigenvalue weighted by Crippen LogP contribution is 2.31. The number of unbranched alkanes of at least 4 members (excludes halogenated alkanes) is 4. The zero-order valence-electron chi connectivity index (χ0n) is 11.9. The van der Waals surface area contributed by atoms with E-state index in [-0.39, 0.29) is 30.3 Å². The van der Waals surface area contributed by atoms with Gasteiger partial charge in [-0.05, 0) is 18.9 Å².